The minimum atomic E-state index is -0.401. The zero-order valence-corrected chi connectivity index (χ0v) is 14.2. The summed E-state index contributed by atoms with van der Waals surface area (Å²) in [6.07, 6.45) is 9.29. The lowest BCUT2D eigenvalue weighted by atomic mass is 10.1. The van der Waals surface area contributed by atoms with Gasteiger partial charge in [-0.2, -0.15) is 0 Å². The maximum Gasteiger partial charge on any atom is 0.0897 e. The zero-order chi connectivity index (χ0) is 15.6. The number of rotatable bonds is 17. The fourth-order valence-corrected chi connectivity index (χ4v) is 2.08. The number of hydrogen-bond donors (Lipinski definition) is 2. The van der Waals surface area contributed by atoms with E-state index in [4.69, 9.17) is 9.47 Å². The van der Waals surface area contributed by atoms with Crippen molar-refractivity contribution < 1.29 is 14.6 Å². The van der Waals surface area contributed by atoms with E-state index in [1.165, 1.54) is 32.1 Å². The van der Waals surface area contributed by atoms with Crippen molar-refractivity contribution >= 4 is 0 Å². The van der Waals surface area contributed by atoms with Gasteiger partial charge in [-0.05, 0) is 25.8 Å². The third-order valence-corrected chi connectivity index (χ3v) is 3.32. The quantitative estimate of drug-likeness (QED) is 0.405. The van der Waals surface area contributed by atoms with E-state index in [1.54, 1.807) is 0 Å². The fourth-order valence-electron chi connectivity index (χ4n) is 2.08. The summed E-state index contributed by atoms with van der Waals surface area (Å²) in [5, 5.41) is 13.0. The van der Waals surface area contributed by atoms with Crippen LogP contribution in [0.2, 0.25) is 0 Å². The summed E-state index contributed by atoms with van der Waals surface area (Å²) >= 11 is 0. The van der Waals surface area contributed by atoms with Crippen LogP contribution in [-0.2, 0) is 9.47 Å². The second kappa shape index (κ2) is 17.9. The Balaban J connectivity index is 3.11. The van der Waals surface area contributed by atoms with Crippen molar-refractivity contribution in [1.82, 2.24) is 5.32 Å². The normalized spacial score (nSPS) is 12.7. The van der Waals surface area contributed by atoms with Gasteiger partial charge in [0, 0.05) is 26.4 Å². The van der Waals surface area contributed by atoms with Gasteiger partial charge in [0.15, 0.2) is 0 Å². The molecule has 0 saturated heterocycles. The van der Waals surface area contributed by atoms with Crippen LogP contribution in [-0.4, -0.2) is 50.7 Å². The van der Waals surface area contributed by atoms with E-state index in [-0.39, 0.29) is 0 Å². The van der Waals surface area contributed by atoms with E-state index in [0.29, 0.717) is 13.2 Å². The van der Waals surface area contributed by atoms with Gasteiger partial charge in [0.1, 0.15) is 0 Å². The summed E-state index contributed by atoms with van der Waals surface area (Å²) in [4.78, 5) is 0. The molecule has 128 valence electrons. The first-order valence-corrected chi connectivity index (χ1v) is 8.85. The molecule has 0 bridgehead atoms. The number of nitrogens with one attached hydrogen (secondary N) is 1. The lowest BCUT2D eigenvalue weighted by molar-refractivity contribution is 0.0351. The first-order valence-electron chi connectivity index (χ1n) is 8.85. The molecule has 21 heavy (non-hydrogen) atoms. The van der Waals surface area contributed by atoms with Gasteiger partial charge in [-0.15, -0.1) is 0 Å². The summed E-state index contributed by atoms with van der Waals surface area (Å²) in [6.45, 7) is 8.68. The van der Waals surface area contributed by atoms with Crippen LogP contribution in [0.3, 0.4) is 0 Å². The second-order valence-corrected chi connectivity index (χ2v) is 5.67. The Bertz CT molecular complexity index is 191. The highest BCUT2D eigenvalue weighted by Gasteiger charge is 2.03. The Morgan fingerprint density at radius 2 is 1.52 bits per heavy atom. The summed E-state index contributed by atoms with van der Waals surface area (Å²) < 4.78 is 10.9. The molecule has 1 unspecified atom stereocenters. The summed E-state index contributed by atoms with van der Waals surface area (Å²) in [6, 6.07) is 0. The highest BCUT2D eigenvalue weighted by molar-refractivity contribution is 4.58. The molecule has 0 aromatic carbocycles. The number of unbranched alkanes of at least 4 members (excludes halogenated alkanes) is 5. The van der Waals surface area contributed by atoms with Crippen molar-refractivity contribution in [3.05, 3.63) is 0 Å². The second-order valence-electron chi connectivity index (χ2n) is 5.67. The fraction of sp³-hybridized carbons (Fsp3) is 1.00. The van der Waals surface area contributed by atoms with Gasteiger partial charge in [-0.1, -0.05) is 46.0 Å². The molecule has 0 aliphatic carbocycles. The molecule has 0 aromatic rings. The van der Waals surface area contributed by atoms with Gasteiger partial charge in [0.25, 0.3) is 0 Å². The molecular formula is C17H37NO3. The van der Waals surface area contributed by atoms with Crippen LogP contribution in [0.4, 0.5) is 0 Å². The molecule has 1 atom stereocenters. The van der Waals surface area contributed by atoms with Gasteiger partial charge >= 0.3 is 0 Å². The number of ether oxygens (including phenoxy) is 2. The molecule has 0 radical (unpaired) electrons. The van der Waals surface area contributed by atoms with Crippen LogP contribution in [0.15, 0.2) is 0 Å². The van der Waals surface area contributed by atoms with Crippen LogP contribution >= 0.6 is 0 Å². The Labute approximate surface area is 131 Å². The maximum absolute atomic E-state index is 9.74. The molecule has 0 spiro atoms. The SMILES string of the molecule is CCCCCCCCOCC(O)CNCCCOCCC. The van der Waals surface area contributed by atoms with Crippen LogP contribution in [0, 0.1) is 0 Å². The third kappa shape index (κ3) is 17.8. The summed E-state index contributed by atoms with van der Waals surface area (Å²) in [5.41, 5.74) is 0. The van der Waals surface area contributed by atoms with Gasteiger partial charge < -0.3 is 19.9 Å². The molecule has 2 N–H and O–H groups in total. The van der Waals surface area contributed by atoms with Crippen LogP contribution < -0.4 is 5.32 Å². The molecule has 0 fully saturated rings. The van der Waals surface area contributed by atoms with E-state index in [9.17, 15) is 5.11 Å². The van der Waals surface area contributed by atoms with Crippen molar-refractivity contribution in [2.24, 2.45) is 0 Å². The van der Waals surface area contributed by atoms with Crippen molar-refractivity contribution in [3.8, 4) is 0 Å². The Morgan fingerprint density at radius 3 is 2.29 bits per heavy atom. The lowest BCUT2D eigenvalue weighted by Crippen LogP contribution is -2.31. The standard InChI is InChI=1S/C17H37NO3/c1-3-5-6-7-8-9-13-21-16-17(19)15-18-11-10-14-20-12-4-2/h17-19H,3-16H2,1-2H3. The Kier molecular flexibility index (Phi) is 17.8. The van der Waals surface area contributed by atoms with Gasteiger partial charge in [-0.25, -0.2) is 0 Å². The van der Waals surface area contributed by atoms with Crippen molar-refractivity contribution in [2.75, 3.05) is 39.5 Å². The molecule has 4 heteroatoms. The molecule has 4 nitrogen and oxygen atoms in total. The molecule has 0 aliphatic rings. The zero-order valence-electron chi connectivity index (χ0n) is 14.2. The Morgan fingerprint density at radius 1 is 0.810 bits per heavy atom. The lowest BCUT2D eigenvalue weighted by Gasteiger charge is -2.12. The molecule has 0 rings (SSSR count). The van der Waals surface area contributed by atoms with Crippen LogP contribution in [0.25, 0.3) is 0 Å². The van der Waals surface area contributed by atoms with E-state index >= 15 is 0 Å². The van der Waals surface area contributed by atoms with Gasteiger partial charge in [-0.3, -0.25) is 0 Å². The molecule has 0 heterocycles. The van der Waals surface area contributed by atoms with Gasteiger partial charge in [0.05, 0.1) is 12.7 Å². The van der Waals surface area contributed by atoms with Crippen molar-refractivity contribution in [2.45, 2.75) is 71.3 Å². The van der Waals surface area contributed by atoms with E-state index < -0.39 is 6.10 Å². The highest BCUT2D eigenvalue weighted by atomic mass is 16.5. The smallest absolute Gasteiger partial charge is 0.0897 e. The number of hydrogen-bond acceptors (Lipinski definition) is 4. The van der Waals surface area contributed by atoms with E-state index in [0.717, 1.165) is 45.6 Å². The summed E-state index contributed by atoms with van der Waals surface area (Å²) in [7, 11) is 0. The van der Waals surface area contributed by atoms with Crippen LogP contribution in [0.1, 0.15) is 65.2 Å². The predicted molar refractivity (Wildman–Crippen MR) is 88.8 cm³/mol. The minimum absolute atomic E-state index is 0.401. The molecule has 0 amide bonds. The Hall–Kier alpha value is -0.160. The van der Waals surface area contributed by atoms with E-state index in [2.05, 4.69) is 19.2 Å². The van der Waals surface area contributed by atoms with E-state index in [1.807, 2.05) is 0 Å². The topological polar surface area (TPSA) is 50.7 Å². The van der Waals surface area contributed by atoms with Crippen molar-refractivity contribution in [1.29, 1.82) is 0 Å². The van der Waals surface area contributed by atoms with Crippen LogP contribution in [0.5, 0.6) is 0 Å². The average Bonchev–Trinajstić information content (AvgIpc) is 2.49. The van der Waals surface area contributed by atoms with Gasteiger partial charge in [0.2, 0.25) is 0 Å². The summed E-state index contributed by atoms with van der Waals surface area (Å²) in [5.74, 6) is 0. The molecule has 0 aliphatic heterocycles. The highest BCUT2D eigenvalue weighted by Crippen LogP contribution is 2.04. The largest absolute Gasteiger partial charge is 0.389 e. The number of aliphatic hydroxyl groups excluding tert-OH is 1. The minimum Gasteiger partial charge on any atom is -0.389 e. The third-order valence-electron chi connectivity index (χ3n) is 3.32. The number of aliphatic hydroxyl groups is 1. The monoisotopic (exact) mass is 303 g/mol. The first kappa shape index (κ1) is 20.8. The first-order chi connectivity index (χ1) is 10.3. The molecule has 0 saturated carbocycles. The van der Waals surface area contributed by atoms with Crippen molar-refractivity contribution in [3.63, 3.8) is 0 Å². The average molecular weight is 303 g/mol. The molecule has 0 aromatic heterocycles. The molecular weight excluding hydrogens is 266 g/mol. The predicted octanol–water partition coefficient (Wildman–Crippen LogP) is 3.13. The maximum atomic E-state index is 9.74.